The molecule has 0 fully saturated rings. The van der Waals surface area contributed by atoms with Crippen LogP contribution in [0.1, 0.15) is 15.6 Å². The lowest BCUT2D eigenvalue weighted by Crippen LogP contribution is -2.37. The summed E-state index contributed by atoms with van der Waals surface area (Å²) >= 11 is 2.66. The van der Waals surface area contributed by atoms with E-state index in [-0.39, 0.29) is 24.0 Å². The Balaban J connectivity index is 0.00000264. The van der Waals surface area contributed by atoms with Gasteiger partial charge in [0.1, 0.15) is 0 Å². The Labute approximate surface area is 157 Å². The van der Waals surface area contributed by atoms with Gasteiger partial charge in [-0.25, -0.2) is 4.98 Å². The van der Waals surface area contributed by atoms with E-state index in [2.05, 4.69) is 20.6 Å². The van der Waals surface area contributed by atoms with E-state index in [1.165, 1.54) is 4.88 Å². The number of thiazole rings is 1. The molecule has 4 nitrogen and oxygen atoms in total. The van der Waals surface area contributed by atoms with E-state index in [0.717, 1.165) is 16.7 Å². The molecule has 2 heterocycles. The quantitative estimate of drug-likeness (QED) is 0.393. The minimum absolute atomic E-state index is 0. The molecule has 0 unspecified atom stereocenters. The third-order valence-corrected chi connectivity index (χ3v) is 4.49. The summed E-state index contributed by atoms with van der Waals surface area (Å²) in [7, 11) is 1.65. The number of aliphatic imine (C=N–C) groups is 1. The van der Waals surface area contributed by atoms with Gasteiger partial charge in [-0.3, -0.25) is 4.99 Å². The SMILES string of the molecule is CN=C(NCCc1nc(C(F)(F)F)cs1)NCc1cccs1.I. The van der Waals surface area contributed by atoms with E-state index in [1.54, 1.807) is 18.4 Å². The van der Waals surface area contributed by atoms with Crippen molar-refractivity contribution in [3.63, 3.8) is 0 Å². The zero-order chi connectivity index (χ0) is 16.0. The summed E-state index contributed by atoms with van der Waals surface area (Å²) in [6, 6.07) is 3.98. The lowest BCUT2D eigenvalue weighted by atomic mass is 10.4. The van der Waals surface area contributed by atoms with Crippen LogP contribution >= 0.6 is 46.7 Å². The van der Waals surface area contributed by atoms with E-state index in [4.69, 9.17) is 0 Å². The Bertz CT molecular complexity index is 611. The second-order valence-electron chi connectivity index (χ2n) is 4.31. The number of rotatable bonds is 5. The number of nitrogens with zero attached hydrogens (tertiary/aromatic N) is 2. The fraction of sp³-hybridized carbons (Fsp3) is 0.385. The van der Waals surface area contributed by atoms with Crippen LogP contribution in [-0.4, -0.2) is 24.5 Å². The van der Waals surface area contributed by atoms with E-state index >= 15 is 0 Å². The van der Waals surface area contributed by atoms with Crippen molar-refractivity contribution in [1.82, 2.24) is 15.6 Å². The number of thiophene rings is 1. The lowest BCUT2D eigenvalue weighted by Gasteiger charge is -2.10. The van der Waals surface area contributed by atoms with Crippen molar-refractivity contribution in [1.29, 1.82) is 0 Å². The highest BCUT2D eigenvalue weighted by atomic mass is 127. The summed E-state index contributed by atoms with van der Waals surface area (Å²) < 4.78 is 37.3. The number of hydrogen-bond acceptors (Lipinski definition) is 4. The summed E-state index contributed by atoms with van der Waals surface area (Å²) in [5.41, 5.74) is -0.826. The summed E-state index contributed by atoms with van der Waals surface area (Å²) in [6.07, 6.45) is -3.96. The first-order valence-electron chi connectivity index (χ1n) is 6.47. The highest BCUT2D eigenvalue weighted by Gasteiger charge is 2.33. The molecule has 0 aliphatic heterocycles. The summed E-state index contributed by atoms with van der Waals surface area (Å²) in [5.74, 6) is 0.612. The van der Waals surface area contributed by atoms with Crippen LogP contribution in [-0.2, 0) is 19.1 Å². The molecule has 0 saturated heterocycles. The number of guanidine groups is 1. The van der Waals surface area contributed by atoms with Crippen LogP contribution < -0.4 is 10.6 Å². The maximum Gasteiger partial charge on any atom is 0.434 e. The third-order valence-electron chi connectivity index (χ3n) is 2.71. The van der Waals surface area contributed by atoms with Crippen molar-refractivity contribution in [3.8, 4) is 0 Å². The molecule has 0 radical (unpaired) electrons. The number of aromatic nitrogens is 1. The molecule has 0 saturated carbocycles. The predicted molar refractivity (Wildman–Crippen MR) is 98.8 cm³/mol. The Hall–Kier alpha value is -0.880. The Morgan fingerprint density at radius 2 is 2.09 bits per heavy atom. The van der Waals surface area contributed by atoms with E-state index in [9.17, 15) is 13.2 Å². The van der Waals surface area contributed by atoms with Crippen molar-refractivity contribution in [2.45, 2.75) is 19.1 Å². The van der Waals surface area contributed by atoms with Crippen LogP contribution in [0.15, 0.2) is 27.9 Å². The monoisotopic (exact) mass is 476 g/mol. The number of nitrogens with one attached hydrogen (secondary N) is 2. The largest absolute Gasteiger partial charge is 0.434 e. The Morgan fingerprint density at radius 1 is 1.30 bits per heavy atom. The normalized spacial score (nSPS) is 11.9. The first-order chi connectivity index (χ1) is 10.5. The van der Waals surface area contributed by atoms with Crippen LogP contribution in [0.25, 0.3) is 0 Å². The topological polar surface area (TPSA) is 49.3 Å². The molecule has 0 aliphatic rings. The van der Waals surface area contributed by atoms with Crippen LogP contribution in [0.4, 0.5) is 13.2 Å². The molecule has 2 N–H and O–H groups in total. The van der Waals surface area contributed by atoms with Gasteiger partial charge in [-0.15, -0.1) is 46.7 Å². The molecular weight excluding hydrogens is 460 g/mol. The second-order valence-corrected chi connectivity index (χ2v) is 6.28. The predicted octanol–water partition coefficient (Wildman–Crippen LogP) is 3.75. The summed E-state index contributed by atoms with van der Waals surface area (Å²) in [6.45, 7) is 1.13. The fourth-order valence-electron chi connectivity index (χ4n) is 1.65. The van der Waals surface area contributed by atoms with Gasteiger partial charge in [0.05, 0.1) is 11.6 Å². The van der Waals surface area contributed by atoms with E-state index in [1.807, 2.05) is 17.5 Å². The van der Waals surface area contributed by atoms with Gasteiger partial charge in [0.15, 0.2) is 11.7 Å². The van der Waals surface area contributed by atoms with Crippen LogP contribution in [0.5, 0.6) is 0 Å². The molecule has 0 atom stereocenters. The van der Waals surface area contributed by atoms with Gasteiger partial charge < -0.3 is 10.6 Å². The molecule has 0 aliphatic carbocycles. The zero-order valence-electron chi connectivity index (χ0n) is 12.2. The number of hydrogen-bond donors (Lipinski definition) is 2. The maximum absolute atomic E-state index is 12.4. The van der Waals surface area contributed by atoms with Crippen molar-refractivity contribution in [2.75, 3.05) is 13.6 Å². The van der Waals surface area contributed by atoms with Gasteiger partial charge in [-0.1, -0.05) is 6.07 Å². The molecule has 0 amide bonds. The maximum atomic E-state index is 12.4. The minimum Gasteiger partial charge on any atom is -0.356 e. The van der Waals surface area contributed by atoms with Crippen LogP contribution in [0.3, 0.4) is 0 Å². The van der Waals surface area contributed by atoms with E-state index in [0.29, 0.717) is 30.5 Å². The highest BCUT2D eigenvalue weighted by molar-refractivity contribution is 14.0. The average Bonchev–Trinajstić information content (AvgIpc) is 3.13. The summed E-state index contributed by atoms with van der Waals surface area (Å²) in [5, 5.41) is 9.68. The highest BCUT2D eigenvalue weighted by Crippen LogP contribution is 2.29. The van der Waals surface area contributed by atoms with Crippen molar-refractivity contribution in [3.05, 3.63) is 38.5 Å². The number of alkyl halides is 3. The molecule has 128 valence electrons. The molecule has 23 heavy (non-hydrogen) atoms. The van der Waals surface area contributed by atoms with Gasteiger partial charge in [0.25, 0.3) is 0 Å². The lowest BCUT2D eigenvalue weighted by molar-refractivity contribution is -0.140. The minimum atomic E-state index is -4.37. The van der Waals surface area contributed by atoms with Gasteiger partial charge in [-0.2, -0.15) is 13.2 Å². The number of halogens is 4. The van der Waals surface area contributed by atoms with Crippen molar-refractivity contribution in [2.24, 2.45) is 4.99 Å². The van der Waals surface area contributed by atoms with Gasteiger partial charge >= 0.3 is 6.18 Å². The molecule has 0 bridgehead atoms. The molecule has 2 aromatic rings. The third kappa shape index (κ3) is 6.63. The second kappa shape index (κ2) is 9.42. The standard InChI is InChI=1S/C13H15F3N4S2.HI/c1-17-12(19-7-9-3-2-6-21-9)18-5-4-11-20-10(8-22-11)13(14,15)16;/h2-3,6,8H,4-5,7H2,1H3,(H2,17,18,19);1H. The van der Waals surface area contributed by atoms with Gasteiger partial charge in [0.2, 0.25) is 0 Å². The van der Waals surface area contributed by atoms with Crippen LogP contribution in [0.2, 0.25) is 0 Å². The average molecular weight is 476 g/mol. The molecule has 0 aromatic carbocycles. The molecule has 2 rings (SSSR count). The summed E-state index contributed by atoms with van der Waals surface area (Å²) in [4.78, 5) is 8.83. The Kier molecular flexibility index (Phi) is 8.26. The fourth-order valence-corrected chi connectivity index (χ4v) is 3.10. The molecule has 0 spiro atoms. The first kappa shape index (κ1) is 20.2. The first-order valence-corrected chi connectivity index (χ1v) is 8.23. The van der Waals surface area contributed by atoms with Gasteiger partial charge in [0, 0.05) is 30.3 Å². The zero-order valence-corrected chi connectivity index (χ0v) is 16.1. The van der Waals surface area contributed by atoms with Crippen LogP contribution in [0, 0.1) is 0 Å². The molecule has 10 heteroatoms. The van der Waals surface area contributed by atoms with E-state index < -0.39 is 11.9 Å². The molecule has 2 aromatic heterocycles. The Morgan fingerprint density at radius 3 is 2.65 bits per heavy atom. The van der Waals surface area contributed by atoms with Crippen molar-refractivity contribution >= 4 is 52.6 Å². The molecular formula is C13H16F3IN4S2. The van der Waals surface area contributed by atoms with Crippen molar-refractivity contribution < 1.29 is 13.2 Å². The van der Waals surface area contributed by atoms with Gasteiger partial charge in [-0.05, 0) is 11.4 Å². The smallest absolute Gasteiger partial charge is 0.356 e.